The van der Waals surface area contributed by atoms with Crippen LogP contribution in [0, 0.1) is 6.92 Å². The number of benzene rings is 1. The maximum absolute atomic E-state index is 12.5. The van der Waals surface area contributed by atoms with E-state index in [1.807, 2.05) is 17.0 Å². The number of methoxy groups -OCH3 is 1. The minimum Gasteiger partial charge on any atom is -0.497 e. The van der Waals surface area contributed by atoms with E-state index in [0.717, 1.165) is 31.6 Å². The fourth-order valence-electron chi connectivity index (χ4n) is 2.96. The summed E-state index contributed by atoms with van der Waals surface area (Å²) >= 11 is 0. The number of likely N-dealkylation sites (tertiary alicyclic amines) is 1. The molecule has 1 aliphatic heterocycles. The van der Waals surface area contributed by atoms with Crippen molar-refractivity contribution in [1.82, 2.24) is 10.1 Å². The molecular formula is C17H20N2O3. The molecule has 0 radical (unpaired) electrons. The highest BCUT2D eigenvalue weighted by molar-refractivity contribution is 5.92. The fraction of sp³-hybridized carbons (Fsp3) is 0.412. The lowest BCUT2D eigenvalue weighted by Gasteiger charge is -2.24. The van der Waals surface area contributed by atoms with Gasteiger partial charge in [-0.05, 0) is 43.9 Å². The Labute approximate surface area is 129 Å². The molecule has 1 aromatic carbocycles. The molecule has 1 fully saturated rings. The van der Waals surface area contributed by atoms with Crippen molar-refractivity contribution in [2.45, 2.75) is 32.2 Å². The Morgan fingerprint density at radius 1 is 1.41 bits per heavy atom. The van der Waals surface area contributed by atoms with E-state index in [0.29, 0.717) is 11.5 Å². The number of hydrogen-bond donors (Lipinski definition) is 0. The van der Waals surface area contributed by atoms with Gasteiger partial charge in [-0.3, -0.25) is 4.79 Å². The van der Waals surface area contributed by atoms with Gasteiger partial charge >= 0.3 is 0 Å². The van der Waals surface area contributed by atoms with E-state index in [1.165, 1.54) is 5.56 Å². The van der Waals surface area contributed by atoms with Crippen LogP contribution in [-0.2, 0) is 6.42 Å². The highest BCUT2D eigenvalue weighted by Crippen LogP contribution is 2.24. The summed E-state index contributed by atoms with van der Waals surface area (Å²) in [4.78, 5) is 14.5. The molecule has 0 N–H and O–H groups in total. The van der Waals surface area contributed by atoms with Gasteiger partial charge < -0.3 is 14.2 Å². The minimum absolute atomic E-state index is 0.0344. The molecule has 1 aliphatic rings. The molecule has 0 spiro atoms. The Kier molecular flexibility index (Phi) is 4.13. The maximum Gasteiger partial charge on any atom is 0.276 e. The highest BCUT2D eigenvalue weighted by atomic mass is 16.5. The maximum atomic E-state index is 12.5. The van der Waals surface area contributed by atoms with E-state index in [1.54, 1.807) is 20.1 Å². The third-order valence-electron chi connectivity index (χ3n) is 4.12. The lowest BCUT2D eigenvalue weighted by Crippen LogP contribution is -2.37. The number of ether oxygens (including phenoxy) is 1. The number of aromatic nitrogens is 1. The van der Waals surface area contributed by atoms with Gasteiger partial charge in [0, 0.05) is 18.7 Å². The fourth-order valence-corrected chi connectivity index (χ4v) is 2.96. The van der Waals surface area contributed by atoms with Crippen LogP contribution < -0.4 is 4.74 Å². The average Bonchev–Trinajstić information content (AvgIpc) is 3.16. The van der Waals surface area contributed by atoms with Crippen LogP contribution in [-0.4, -0.2) is 35.7 Å². The first-order valence-corrected chi connectivity index (χ1v) is 7.54. The molecule has 5 nitrogen and oxygen atoms in total. The molecule has 116 valence electrons. The van der Waals surface area contributed by atoms with E-state index < -0.39 is 0 Å². The van der Waals surface area contributed by atoms with E-state index in [-0.39, 0.29) is 11.9 Å². The number of rotatable bonds is 4. The lowest BCUT2D eigenvalue weighted by atomic mass is 10.0. The van der Waals surface area contributed by atoms with Crippen LogP contribution in [0.25, 0.3) is 0 Å². The second-order valence-electron chi connectivity index (χ2n) is 5.67. The van der Waals surface area contributed by atoms with Gasteiger partial charge in [0.15, 0.2) is 5.69 Å². The number of aryl methyl sites for hydroxylation is 1. The van der Waals surface area contributed by atoms with Crippen molar-refractivity contribution >= 4 is 5.91 Å². The Hall–Kier alpha value is -2.30. The van der Waals surface area contributed by atoms with Crippen molar-refractivity contribution in [2.24, 2.45) is 0 Å². The standard InChI is InChI=1S/C17H20N2O3/c1-12-10-16(18-22-12)17(20)19-9-3-4-14(19)11-13-5-7-15(21-2)8-6-13/h5-8,10,14H,3-4,9,11H2,1-2H3/t14-/m0/s1. The summed E-state index contributed by atoms with van der Waals surface area (Å²) in [6.07, 6.45) is 2.91. The zero-order valence-corrected chi connectivity index (χ0v) is 12.9. The Morgan fingerprint density at radius 3 is 2.82 bits per heavy atom. The molecule has 2 heterocycles. The smallest absolute Gasteiger partial charge is 0.276 e. The topological polar surface area (TPSA) is 55.6 Å². The van der Waals surface area contributed by atoms with Crippen molar-refractivity contribution in [3.8, 4) is 5.75 Å². The molecule has 1 atom stereocenters. The number of amides is 1. The van der Waals surface area contributed by atoms with E-state index in [4.69, 9.17) is 9.26 Å². The van der Waals surface area contributed by atoms with Crippen molar-refractivity contribution in [3.63, 3.8) is 0 Å². The average molecular weight is 300 g/mol. The first-order valence-electron chi connectivity index (χ1n) is 7.54. The molecule has 0 aliphatic carbocycles. The zero-order valence-electron chi connectivity index (χ0n) is 12.9. The van der Waals surface area contributed by atoms with Crippen LogP contribution in [0.4, 0.5) is 0 Å². The van der Waals surface area contributed by atoms with Crippen LogP contribution >= 0.6 is 0 Å². The number of nitrogens with zero attached hydrogens (tertiary/aromatic N) is 2. The van der Waals surface area contributed by atoms with Crippen LogP contribution in [0.15, 0.2) is 34.9 Å². The van der Waals surface area contributed by atoms with Gasteiger partial charge in [-0.2, -0.15) is 0 Å². The SMILES string of the molecule is COc1ccc(C[C@@H]2CCCN2C(=O)c2cc(C)on2)cc1. The Morgan fingerprint density at radius 2 is 2.18 bits per heavy atom. The number of hydrogen-bond acceptors (Lipinski definition) is 4. The molecule has 0 unspecified atom stereocenters. The molecule has 2 aromatic rings. The van der Waals surface area contributed by atoms with Gasteiger partial charge in [0.25, 0.3) is 5.91 Å². The summed E-state index contributed by atoms with van der Waals surface area (Å²) in [5.74, 6) is 1.48. The second-order valence-corrected chi connectivity index (χ2v) is 5.67. The van der Waals surface area contributed by atoms with Crippen molar-refractivity contribution in [2.75, 3.05) is 13.7 Å². The largest absolute Gasteiger partial charge is 0.497 e. The molecule has 22 heavy (non-hydrogen) atoms. The van der Waals surface area contributed by atoms with Gasteiger partial charge in [-0.1, -0.05) is 17.3 Å². The van der Waals surface area contributed by atoms with Gasteiger partial charge in [0.2, 0.25) is 0 Å². The molecule has 3 rings (SSSR count). The highest BCUT2D eigenvalue weighted by Gasteiger charge is 2.30. The molecule has 0 saturated carbocycles. The van der Waals surface area contributed by atoms with E-state index in [9.17, 15) is 4.79 Å². The van der Waals surface area contributed by atoms with Crippen LogP contribution in [0.5, 0.6) is 5.75 Å². The third-order valence-corrected chi connectivity index (χ3v) is 4.12. The van der Waals surface area contributed by atoms with Crippen molar-refractivity contribution < 1.29 is 14.1 Å². The predicted molar refractivity (Wildman–Crippen MR) is 82.0 cm³/mol. The van der Waals surface area contributed by atoms with Gasteiger partial charge in [-0.15, -0.1) is 0 Å². The van der Waals surface area contributed by atoms with E-state index in [2.05, 4.69) is 17.3 Å². The normalized spacial score (nSPS) is 17.7. The Balaban J connectivity index is 1.71. The van der Waals surface area contributed by atoms with Crippen molar-refractivity contribution in [1.29, 1.82) is 0 Å². The van der Waals surface area contributed by atoms with Crippen LogP contribution in [0.1, 0.15) is 34.7 Å². The van der Waals surface area contributed by atoms with Gasteiger partial charge in [-0.25, -0.2) is 0 Å². The zero-order chi connectivity index (χ0) is 15.5. The first kappa shape index (κ1) is 14.6. The quantitative estimate of drug-likeness (QED) is 0.871. The molecule has 5 heteroatoms. The molecule has 1 aromatic heterocycles. The molecule has 1 amide bonds. The summed E-state index contributed by atoms with van der Waals surface area (Å²) < 4.78 is 10.2. The first-order chi connectivity index (χ1) is 10.7. The van der Waals surface area contributed by atoms with Crippen LogP contribution in [0.2, 0.25) is 0 Å². The van der Waals surface area contributed by atoms with Gasteiger partial charge in [0.1, 0.15) is 11.5 Å². The summed E-state index contributed by atoms with van der Waals surface area (Å²) in [5, 5.41) is 3.84. The Bertz CT molecular complexity index is 648. The third kappa shape index (κ3) is 2.98. The summed E-state index contributed by atoms with van der Waals surface area (Å²) in [6, 6.07) is 9.94. The number of carbonyl (C=O) groups excluding carboxylic acids is 1. The van der Waals surface area contributed by atoms with Gasteiger partial charge in [0.05, 0.1) is 7.11 Å². The lowest BCUT2D eigenvalue weighted by molar-refractivity contribution is 0.0726. The molecule has 1 saturated heterocycles. The second kappa shape index (κ2) is 6.22. The molecule has 0 bridgehead atoms. The minimum atomic E-state index is -0.0344. The van der Waals surface area contributed by atoms with E-state index >= 15 is 0 Å². The van der Waals surface area contributed by atoms with Crippen LogP contribution in [0.3, 0.4) is 0 Å². The van der Waals surface area contributed by atoms with Crippen molar-refractivity contribution in [3.05, 3.63) is 47.3 Å². The number of carbonyl (C=O) groups is 1. The predicted octanol–water partition coefficient (Wildman–Crippen LogP) is 2.84. The summed E-state index contributed by atoms with van der Waals surface area (Å²) in [7, 11) is 1.66. The summed E-state index contributed by atoms with van der Waals surface area (Å²) in [5.41, 5.74) is 1.61. The summed E-state index contributed by atoms with van der Waals surface area (Å²) in [6.45, 7) is 2.58. The monoisotopic (exact) mass is 300 g/mol. The molecular weight excluding hydrogens is 280 g/mol.